The summed E-state index contributed by atoms with van der Waals surface area (Å²) in [6.45, 7) is 0.195. The van der Waals surface area contributed by atoms with Gasteiger partial charge in [0.05, 0.1) is 32.7 Å². The summed E-state index contributed by atoms with van der Waals surface area (Å²) >= 11 is 0. The Morgan fingerprint density at radius 1 is 0.829 bits per heavy atom. The van der Waals surface area contributed by atoms with Crippen molar-refractivity contribution in [2.45, 2.75) is 6.54 Å². The molecule has 0 aliphatic rings. The van der Waals surface area contributed by atoms with E-state index in [4.69, 9.17) is 19.9 Å². The first-order valence-electron chi connectivity index (χ1n) is 12.6. The van der Waals surface area contributed by atoms with Crippen molar-refractivity contribution in [2.75, 3.05) is 32.4 Å². The SMILES string of the molecule is COc1cc(C=C(C(=O)NCc2ccc(C(=O)Nc3ccccc3N)cc2)c2ccc(F)cc2)cc(OC)c1OC. The topological polar surface area (TPSA) is 112 Å². The van der Waals surface area contributed by atoms with E-state index in [-0.39, 0.29) is 18.4 Å². The zero-order valence-electron chi connectivity index (χ0n) is 22.9. The van der Waals surface area contributed by atoms with E-state index in [2.05, 4.69) is 10.6 Å². The number of rotatable bonds is 10. The van der Waals surface area contributed by atoms with Crippen molar-refractivity contribution in [3.8, 4) is 17.2 Å². The molecule has 0 spiro atoms. The highest BCUT2D eigenvalue weighted by molar-refractivity contribution is 6.24. The number of halogens is 1. The molecule has 210 valence electrons. The van der Waals surface area contributed by atoms with Crippen molar-refractivity contribution in [2.24, 2.45) is 0 Å². The van der Waals surface area contributed by atoms with E-state index in [9.17, 15) is 14.0 Å². The zero-order valence-corrected chi connectivity index (χ0v) is 22.9. The number of hydrogen-bond acceptors (Lipinski definition) is 6. The van der Waals surface area contributed by atoms with E-state index in [0.717, 1.165) is 5.56 Å². The minimum atomic E-state index is -0.416. The number of para-hydroxylation sites is 2. The fourth-order valence-electron chi connectivity index (χ4n) is 4.12. The first-order valence-corrected chi connectivity index (χ1v) is 12.6. The van der Waals surface area contributed by atoms with E-state index < -0.39 is 5.82 Å². The van der Waals surface area contributed by atoms with Crippen molar-refractivity contribution in [3.05, 3.63) is 113 Å². The lowest BCUT2D eigenvalue weighted by atomic mass is 10.0. The molecular formula is C32H30FN3O5. The summed E-state index contributed by atoms with van der Waals surface area (Å²) in [6.07, 6.45) is 1.66. The Kier molecular flexibility index (Phi) is 9.21. The maximum atomic E-state index is 13.7. The molecule has 4 aromatic carbocycles. The Hall–Kier alpha value is -5.31. The highest BCUT2D eigenvalue weighted by atomic mass is 19.1. The van der Waals surface area contributed by atoms with Crippen LogP contribution in [0.2, 0.25) is 0 Å². The predicted octanol–water partition coefficient (Wildman–Crippen LogP) is 5.54. The van der Waals surface area contributed by atoms with Crippen LogP contribution < -0.4 is 30.6 Å². The number of hydrogen-bond donors (Lipinski definition) is 3. The molecule has 0 fully saturated rings. The summed E-state index contributed by atoms with van der Waals surface area (Å²) < 4.78 is 29.9. The number of nitrogens with two attached hydrogens (primary N) is 1. The van der Waals surface area contributed by atoms with Crippen LogP contribution in [0.4, 0.5) is 15.8 Å². The van der Waals surface area contributed by atoms with Crippen molar-refractivity contribution >= 4 is 34.8 Å². The molecule has 4 N–H and O–H groups in total. The molecule has 8 nitrogen and oxygen atoms in total. The summed E-state index contributed by atoms with van der Waals surface area (Å²) in [7, 11) is 4.51. The maximum absolute atomic E-state index is 13.7. The van der Waals surface area contributed by atoms with Gasteiger partial charge in [-0.3, -0.25) is 9.59 Å². The van der Waals surface area contributed by atoms with Crippen LogP contribution in [0.25, 0.3) is 11.6 Å². The van der Waals surface area contributed by atoms with E-state index in [1.54, 1.807) is 66.7 Å². The van der Waals surface area contributed by atoms with Crippen LogP contribution in [0.5, 0.6) is 17.2 Å². The molecule has 0 atom stereocenters. The van der Waals surface area contributed by atoms with Crippen LogP contribution in [0.15, 0.2) is 84.9 Å². The molecule has 0 heterocycles. The molecule has 9 heteroatoms. The highest BCUT2D eigenvalue weighted by Crippen LogP contribution is 2.39. The van der Waals surface area contributed by atoms with Gasteiger partial charge in [-0.15, -0.1) is 0 Å². The zero-order chi connectivity index (χ0) is 29.4. The Balaban J connectivity index is 1.54. The molecule has 0 aliphatic heterocycles. The van der Waals surface area contributed by atoms with E-state index in [1.165, 1.54) is 45.6 Å². The molecule has 0 saturated heterocycles. The molecule has 0 radical (unpaired) electrons. The summed E-state index contributed by atoms with van der Waals surface area (Å²) in [6, 6.07) is 22.9. The van der Waals surface area contributed by atoms with Gasteiger partial charge in [0, 0.05) is 17.7 Å². The van der Waals surface area contributed by atoms with Crippen LogP contribution in [0.3, 0.4) is 0 Å². The van der Waals surface area contributed by atoms with E-state index in [0.29, 0.717) is 50.9 Å². The van der Waals surface area contributed by atoms with Gasteiger partial charge >= 0.3 is 0 Å². The number of methoxy groups -OCH3 is 3. The molecule has 0 bridgehead atoms. The van der Waals surface area contributed by atoms with E-state index >= 15 is 0 Å². The van der Waals surface area contributed by atoms with Gasteiger partial charge in [-0.1, -0.05) is 36.4 Å². The first-order chi connectivity index (χ1) is 19.8. The molecule has 4 aromatic rings. The average Bonchev–Trinajstić information content (AvgIpc) is 3.00. The van der Waals surface area contributed by atoms with Crippen molar-refractivity contribution in [3.63, 3.8) is 0 Å². The lowest BCUT2D eigenvalue weighted by molar-refractivity contribution is -0.115. The van der Waals surface area contributed by atoms with Crippen LogP contribution in [0, 0.1) is 5.82 Å². The van der Waals surface area contributed by atoms with Crippen LogP contribution in [-0.2, 0) is 11.3 Å². The Morgan fingerprint density at radius 2 is 1.44 bits per heavy atom. The van der Waals surface area contributed by atoms with Crippen molar-refractivity contribution in [1.29, 1.82) is 0 Å². The number of ether oxygens (including phenoxy) is 3. The Labute approximate surface area is 237 Å². The second kappa shape index (κ2) is 13.2. The summed E-state index contributed by atoms with van der Waals surface area (Å²) in [5.74, 6) is 0.175. The second-order valence-corrected chi connectivity index (χ2v) is 8.94. The number of amides is 2. The quantitative estimate of drug-likeness (QED) is 0.135. The molecule has 0 aromatic heterocycles. The van der Waals surface area contributed by atoms with Gasteiger partial charge in [0.2, 0.25) is 5.75 Å². The minimum Gasteiger partial charge on any atom is -0.493 e. The largest absolute Gasteiger partial charge is 0.493 e. The highest BCUT2D eigenvalue weighted by Gasteiger charge is 2.17. The monoisotopic (exact) mass is 555 g/mol. The van der Waals surface area contributed by atoms with Gasteiger partial charge in [-0.05, 0) is 71.3 Å². The van der Waals surface area contributed by atoms with Crippen molar-refractivity contribution in [1.82, 2.24) is 5.32 Å². The molecule has 0 saturated carbocycles. The summed E-state index contributed by atoms with van der Waals surface area (Å²) in [5, 5.41) is 5.69. The third-order valence-corrected chi connectivity index (χ3v) is 6.28. The third kappa shape index (κ3) is 7.02. The number of anilines is 2. The van der Waals surface area contributed by atoms with E-state index in [1.807, 2.05) is 0 Å². The average molecular weight is 556 g/mol. The van der Waals surface area contributed by atoms with Gasteiger partial charge in [0.1, 0.15) is 5.82 Å². The van der Waals surface area contributed by atoms with Gasteiger partial charge < -0.3 is 30.6 Å². The van der Waals surface area contributed by atoms with Crippen molar-refractivity contribution < 1.29 is 28.2 Å². The molecular weight excluding hydrogens is 525 g/mol. The third-order valence-electron chi connectivity index (χ3n) is 6.28. The molecule has 0 unspecified atom stereocenters. The molecule has 41 heavy (non-hydrogen) atoms. The summed E-state index contributed by atoms with van der Waals surface area (Å²) in [5.41, 5.74) is 9.56. The number of carbonyl (C=O) groups excluding carboxylic acids is 2. The summed E-state index contributed by atoms with van der Waals surface area (Å²) in [4.78, 5) is 26.0. The fourth-order valence-corrected chi connectivity index (χ4v) is 4.12. The first kappa shape index (κ1) is 28.7. The van der Waals surface area contributed by atoms with Crippen LogP contribution >= 0.6 is 0 Å². The molecule has 4 rings (SSSR count). The lowest BCUT2D eigenvalue weighted by Gasteiger charge is -2.14. The second-order valence-electron chi connectivity index (χ2n) is 8.94. The van der Waals surface area contributed by atoms with Gasteiger partial charge in [0.15, 0.2) is 11.5 Å². The molecule has 2 amide bonds. The Bertz CT molecular complexity index is 1540. The normalized spacial score (nSPS) is 11.0. The minimum absolute atomic E-state index is 0.195. The molecule has 0 aliphatic carbocycles. The fraction of sp³-hybridized carbons (Fsp3) is 0.125. The van der Waals surface area contributed by atoms with Gasteiger partial charge in [0.25, 0.3) is 11.8 Å². The lowest BCUT2D eigenvalue weighted by Crippen LogP contribution is -2.24. The van der Waals surface area contributed by atoms with Gasteiger partial charge in [-0.2, -0.15) is 0 Å². The van der Waals surface area contributed by atoms with Crippen LogP contribution in [-0.4, -0.2) is 33.1 Å². The Morgan fingerprint density at radius 3 is 2.02 bits per heavy atom. The predicted molar refractivity (Wildman–Crippen MR) is 157 cm³/mol. The number of benzene rings is 4. The standard InChI is InChI=1S/C32H30FN3O5/c1-39-28-17-21(18-29(40-2)30(28)41-3)16-25(22-12-14-24(33)15-13-22)32(38)35-19-20-8-10-23(11-9-20)31(37)36-27-7-5-4-6-26(27)34/h4-18H,19,34H2,1-3H3,(H,35,38)(H,36,37). The number of nitrogens with one attached hydrogen (secondary N) is 2. The number of carbonyl (C=O) groups is 2. The van der Waals surface area contributed by atoms with Crippen LogP contribution in [0.1, 0.15) is 27.0 Å². The smallest absolute Gasteiger partial charge is 0.255 e. The number of nitrogen functional groups attached to an aromatic ring is 1. The maximum Gasteiger partial charge on any atom is 0.255 e. The van der Waals surface area contributed by atoms with Gasteiger partial charge in [-0.25, -0.2) is 4.39 Å².